The Labute approximate surface area is 147 Å². The van der Waals surface area contributed by atoms with E-state index in [1.54, 1.807) is 13.8 Å². The molecule has 1 saturated heterocycles. The topological polar surface area (TPSA) is 90.5 Å². The predicted octanol–water partition coefficient (Wildman–Crippen LogP) is 1.49. The summed E-state index contributed by atoms with van der Waals surface area (Å²) in [7, 11) is 0. The number of halogens is 1. The smallest absolute Gasteiger partial charge is 0.324 e. The van der Waals surface area contributed by atoms with E-state index in [4.69, 9.17) is 0 Å². The highest BCUT2D eigenvalue weighted by atomic mass is 35.5. The molecule has 1 aromatic rings. The number of nitrogens with one attached hydrogen (secondary N) is 3. The molecule has 0 unspecified atom stereocenters. The Morgan fingerprint density at radius 2 is 1.92 bits per heavy atom. The fourth-order valence-corrected chi connectivity index (χ4v) is 2.35. The van der Waals surface area contributed by atoms with Crippen LogP contribution in [0.2, 0.25) is 0 Å². The Hall–Kier alpha value is -2.12. The molecule has 24 heavy (non-hydrogen) atoms. The fraction of sp³-hybridized carbons (Fsp3) is 0.438. The molecular weight excluding hydrogens is 332 g/mol. The van der Waals surface area contributed by atoms with Crippen LogP contribution < -0.4 is 16.0 Å². The van der Waals surface area contributed by atoms with Crippen molar-refractivity contribution in [3.8, 4) is 0 Å². The van der Waals surface area contributed by atoms with Gasteiger partial charge < -0.3 is 15.5 Å². The van der Waals surface area contributed by atoms with Gasteiger partial charge in [-0.25, -0.2) is 4.79 Å². The average Bonchev–Trinajstić information content (AvgIpc) is 2.69. The number of nitrogens with zero attached hydrogens (tertiary/aromatic N) is 1. The first-order chi connectivity index (χ1) is 10.9. The molecule has 1 heterocycles. The Morgan fingerprint density at radius 3 is 2.50 bits per heavy atom. The molecule has 3 N–H and O–H groups in total. The molecule has 0 aromatic heterocycles. The van der Waals surface area contributed by atoms with Crippen molar-refractivity contribution in [2.24, 2.45) is 0 Å². The van der Waals surface area contributed by atoms with E-state index in [1.165, 1.54) is 4.90 Å². The van der Waals surface area contributed by atoms with E-state index in [-0.39, 0.29) is 24.9 Å². The maximum Gasteiger partial charge on any atom is 0.325 e. The maximum absolute atomic E-state index is 12.3. The molecule has 4 amide bonds. The highest BCUT2D eigenvalue weighted by Crippen LogP contribution is 2.21. The Bertz CT molecular complexity index is 634. The molecule has 0 saturated carbocycles. The van der Waals surface area contributed by atoms with Gasteiger partial charge in [0.25, 0.3) is 5.91 Å². The first-order valence-corrected chi connectivity index (χ1v) is 7.57. The number of carbonyl (C=O) groups is 3. The number of amides is 4. The normalized spacial score (nSPS) is 15.7. The van der Waals surface area contributed by atoms with Crippen LogP contribution in [0.15, 0.2) is 24.3 Å². The summed E-state index contributed by atoms with van der Waals surface area (Å²) >= 11 is 0. The van der Waals surface area contributed by atoms with Crippen LogP contribution in [0.3, 0.4) is 0 Å². The van der Waals surface area contributed by atoms with Crippen molar-refractivity contribution < 1.29 is 14.4 Å². The first-order valence-electron chi connectivity index (χ1n) is 7.57. The summed E-state index contributed by atoms with van der Waals surface area (Å²) in [6.45, 7) is 6.51. The molecule has 1 aromatic carbocycles. The monoisotopic (exact) mass is 354 g/mol. The summed E-state index contributed by atoms with van der Waals surface area (Å²) in [5.41, 5.74) is 0.628. The number of anilines is 1. The molecule has 132 valence electrons. The summed E-state index contributed by atoms with van der Waals surface area (Å²) in [6, 6.07) is 6.93. The Morgan fingerprint density at radius 1 is 1.25 bits per heavy atom. The van der Waals surface area contributed by atoms with Crippen LogP contribution >= 0.6 is 12.4 Å². The second kappa shape index (κ2) is 8.12. The summed E-state index contributed by atoms with van der Waals surface area (Å²) in [6.07, 6.45) is 0. The number of benzene rings is 1. The van der Waals surface area contributed by atoms with Crippen molar-refractivity contribution in [1.82, 2.24) is 15.5 Å². The minimum Gasteiger partial charge on any atom is -0.324 e. The SMILES string of the molecule is CCNCc1ccccc1NC(=O)CN1C(=O)NC(=O)C1(C)C.Cl. The molecule has 1 aliphatic rings. The zero-order chi connectivity index (χ0) is 17.0. The van der Waals surface area contributed by atoms with Crippen molar-refractivity contribution in [3.63, 3.8) is 0 Å². The summed E-state index contributed by atoms with van der Waals surface area (Å²) in [5.74, 6) is -0.741. The second-order valence-corrected chi connectivity index (χ2v) is 5.89. The van der Waals surface area contributed by atoms with Gasteiger partial charge in [-0.15, -0.1) is 12.4 Å². The fourth-order valence-electron chi connectivity index (χ4n) is 2.35. The van der Waals surface area contributed by atoms with E-state index in [9.17, 15) is 14.4 Å². The van der Waals surface area contributed by atoms with Gasteiger partial charge in [0.1, 0.15) is 12.1 Å². The van der Waals surface area contributed by atoms with Crippen molar-refractivity contribution in [2.75, 3.05) is 18.4 Å². The van der Waals surface area contributed by atoms with Gasteiger partial charge in [-0.05, 0) is 32.0 Å². The number of hydrogen-bond acceptors (Lipinski definition) is 4. The summed E-state index contributed by atoms with van der Waals surface area (Å²) < 4.78 is 0. The van der Waals surface area contributed by atoms with Crippen LogP contribution in [0.25, 0.3) is 0 Å². The second-order valence-electron chi connectivity index (χ2n) is 5.89. The lowest BCUT2D eigenvalue weighted by atomic mass is 10.0. The highest BCUT2D eigenvalue weighted by Gasteiger charge is 2.46. The molecular formula is C16H23ClN4O3. The van der Waals surface area contributed by atoms with Crippen molar-refractivity contribution >= 4 is 35.9 Å². The van der Waals surface area contributed by atoms with Crippen LogP contribution in [-0.4, -0.2) is 41.4 Å². The van der Waals surface area contributed by atoms with Gasteiger partial charge in [0.15, 0.2) is 0 Å². The number of para-hydroxylation sites is 1. The lowest BCUT2D eigenvalue weighted by molar-refractivity contribution is -0.126. The van der Waals surface area contributed by atoms with E-state index >= 15 is 0 Å². The summed E-state index contributed by atoms with van der Waals surface area (Å²) in [5, 5.41) is 8.24. The van der Waals surface area contributed by atoms with Gasteiger partial charge in [-0.1, -0.05) is 25.1 Å². The molecule has 2 rings (SSSR count). The molecule has 0 radical (unpaired) electrons. The Kier molecular flexibility index (Phi) is 6.74. The largest absolute Gasteiger partial charge is 0.325 e. The highest BCUT2D eigenvalue weighted by molar-refractivity contribution is 6.08. The van der Waals surface area contributed by atoms with E-state index in [2.05, 4.69) is 16.0 Å². The first kappa shape index (κ1) is 19.9. The van der Waals surface area contributed by atoms with Gasteiger partial charge in [0, 0.05) is 12.2 Å². The standard InChI is InChI=1S/C16H22N4O3.ClH/c1-4-17-9-11-7-5-6-8-12(11)18-13(21)10-20-15(23)19-14(22)16(20,2)3;/h5-8,17H,4,9-10H2,1-3H3,(H,18,21)(H,19,22,23);1H. The minimum absolute atomic E-state index is 0. The predicted molar refractivity (Wildman–Crippen MR) is 94.0 cm³/mol. The lowest BCUT2D eigenvalue weighted by Crippen LogP contribution is -2.47. The maximum atomic E-state index is 12.3. The van der Waals surface area contributed by atoms with Gasteiger partial charge >= 0.3 is 6.03 Å². The van der Waals surface area contributed by atoms with Crippen molar-refractivity contribution in [3.05, 3.63) is 29.8 Å². The number of urea groups is 1. The number of rotatable bonds is 6. The molecule has 0 aliphatic carbocycles. The number of imide groups is 1. The van der Waals surface area contributed by atoms with Crippen LogP contribution in [0.5, 0.6) is 0 Å². The minimum atomic E-state index is -1.03. The Balaban J connectivity index is 0.00000288. The lowest BCUT2D eigenvalue weighted by Gasteiger charge is -2.27. The van der Waals surface area contributed by atoms with Crippen LogP contribution in [0, 0.1) is 0 Å². The molecule has 0 atom stereocenters. The van der Waals surface area contributed by atoms with Crippen LogP contribution in [-0.2, 0) is 16.1 Å². The third kappa shape index (κ3) is 4.24. The number of hydrogen-bond donors (Lipinski definition) is 3. The average molecular weight is 355 g/mol. The zero-order valence-electron chi connectivity index (χ0n) is 14.0. The van der Waals surface area contributed by atoms with Gasteiger partial charge in [-0.3, -0.25) is 14.9 Å². The molecule has 8 heteroatoms. The van der Waals surface area contributed by atoms with E-state index in [0.29, 0.717) is 12.2 Å². The van der Waals surface area contributed by atoms with E-state index in [0.717, 1.165) is 12.1 Å². The zero-order valence-corrected chi connectivity index (χ0v) is 14.8. The third-order valence-corrected chi connectivity index (χ3v) is 3.85. The molecule has 0 spiro atoms. The number of carbonyl (C=O) groups excluding carboxylic acids is 3. The summed E-state index contributed by atoms with van der Waals surface area (Å²) in [4.78, 5) is 37.0. The van der Waals surface area contributed by atoms with Crippen molar-refractivity contribution in [2.45, 2.75) is 32.9 Å². The van der Waals surface area contributed by atoms with Gasteiger partial charge in [-0.2, -0.15) is 0 Å². The molecule has 1 aliphatic heterocycles. The van der Waals surface area contributed by atoms with Gasteiger partial charge in [0.05, 0.1) is 0 Å². The van der Waals surface area contributed by atoms with Crippen LogP contribution in [0.1, 0.15) is 26.3 Å². The molecule has 0 bridgehead atoms. The van der Waals surface area contributed by atoms with Crippen molar-refractivity contribution in [1.29, 1.82) is 0 Å². The van der Waals surface area contributed by atoms with Crippen LogP contribution in [0.4, 0.5) is 10.5 Å². The van der Waals surface area contributed by atoms with E-state index < -0.39 is 17.5 Å². The quantitative estimate of drug-likeness (QED) is 0.675. The van der Waals surface area contributed by atoms with Gasteiger partial charge in [0.2, 0.25) is 5.91 Å². The van der Waals surface area contributed by atoms with E-state index in [1.807, 2.05) is 31.2 Å². The third-order valence-electron chi connectivity index (χ3n) is 3.85. The molecule has 7 nitrogen and oxygen atoms in total. The molecule has 1 fully saturated rings.